The zero-order valence-corrected chi connectivity index (χ0v) is 18.8. The number of furan rings is 1. The molecule has 3 heterocycles. The molecule has 1 atom stereocenters. The van der Waals surface area contributed by atoms with Gasteiger partial charge in [0, 0.05) is 16.7 Å². The van der Waals surface area contributed by atoms with E-state index in [1.807, 2.05) is 6.07 Å². The van der Waals surface area contributed by atoms with Crippen molar-refractivity contribution < 1.29 is 27.2 Å². The van der Waals surface area contributed by atoms with Crippen molar-refractivity contribution in [2.24, 2.45) is 0 Å². The number of rotatable bonds is 4. The quantitative estimate of drug-likeness (QED) is 0.387. The molecule has 0 radical (unpaired) electrons. The lowest BCUT2D eigenvalue weighted by Gasteiger charge is -2.31. The van der Waals surface area contributed by atoms with Crippen molar-refractivity contribution in [2.45, 2.75) is 26.3 Å². The fraction of sp³-hybridized carbons (Fsp3) is 0.250. The summed E-state index contributed by atoms with van der Waals surface area (Å²) in [6.45, 7) is 2.99. The molecule has 0 aliphatic carbocycles. The van der Waals surface area contributed by atoms with Crippen LogP contribution in [0.25, 0.3) is 17.4 Å². The molecule has 1 aromatic heterocycles. The predicted octanol–water partition coefficient (Wildman–Crippen LogP) is 2.93. The third-order valence-electron chi connectivity index (χ3n) is 5.84. The van der Waals surface area contributed by atoms with E-state index in [0.29, 0.717) is 17.1 Å². The first-order valence-electron chi connectivity index (χ1n) is 10.2. The zero-order chi connectivity index (χ0) is 23.9. The minimum absolute atomic E-state index is 0.0491. The summed E-state index contributed by atoms with van der Waals surface area (Å²) in [5.41, 5.74) is 1.43. The number of carbonyl (C=O) groups is 3. The molecule has 0 bridgehead atoms. The SMILES string of the molecule is CC(=O)c1ccc(-c2ccc(/C=C3/C(=O)N([C@H]4CCS(=O)(=O)C4)C(=O)C(C#N)=C3C)o2)cc1. The molecule has 1 saturated heterocycles. The Morgan fingerprint density at radius 2 is 1.85 bits per heavy atom. The second-order valence-corrected chi connectivity index (χ2v) is 10.3. The summed E-state index contributed by atoms with van der Waals surface area (Å²) in [6, 6.07) is 11.3. The Hall–Kier alpha value is -3.77. The van der Waals surface area contributed by atoms with Crippen molar-refractivity contribution in [1.82, 2.24) is 4.90 Å². The van der Waals surface area contributed by atoms with Gasteiger partial charge in [-0.1, -0.05) is 24.3 Å². The molecule has 8 nitrogen and oxygen atoms in total. The van der Waals surface area contributed by atoms with Gasteiger partial charge >= 0.3 is 0 Å². The van der Waals surface area contributed by atoms with Crippen LogP contribution in [0.15, 0.2) is 57.5 Å². The lowest BCUT2D eigenvalue weighted by molar-refractivity contribution is -0.142. The van der Waals surface area contributed by atoms with E-state index < -0.39 is 27.7 Å². The van der Waals surface area contributed by atoms with E-state index in [9.17, 15) is 28.1 Å². The van der Waals surface area contributed by atoms with Gasteiger partial charge in [-0.25, -0.2) is 8.42 Å². The molecular formula is C24H20N2O6S. The lowest BCUT2D eigenvalue weighted by Crippen LogP contribution is -2.49. The smallest absolute Gasteiger partial charge is 0.271 e. The predicted molar refractivity (Wildman–Crippen MR) is 119 cm³/mol. The third kappa shape index (κ3) is 4.17. The number of sulfone groups is 1. The number of nitrogens with zero attached hydrogens (tertiary/aromatic N) is 2. The summed E-state index contributed by atoms with van der Waals surface area (Å²) in [5, 5.41) is 9.52. The van der Waals surface area contributed by atoms with E-state index in [0.717, 1.165) is 10.5 Å². The van der Waals surface area contributed by atoms with Crippen molar-refractivity contribution in [1.29, 1.82) is 5.26 Å². The molecule has 0 unspecified atom stereocenters. The van der Waals surface area contributed by atoms with Gasteiger partial charge in [-0.05, 0) is 44.1 Å². The highest BCUT2D eigenvalue weighted by atomic mass is 32.2. The minimum atomic E-state index is -3.35. The monoisotopic (exact) mass is 464 g/mol. The van der Waals surface area contributed by atoms with E-state index in [1.165, 1.54) is 19.9 Å². The van der Waals surface area contributed by atoms with Crippen LogP contribution in [0, 0.1) is 11.3 Å². The van der Waals surface area contributed by atoms with Gasteiger partial charge in [0.15, 0.2) is 15.6 Å². The van der Waals surface area contributed by atoms with Crippen molar-refractivity contribution in [3.8, 4) is 17.4 Å². The normalized spacial score (nSPS) is 21.5. The molecular weight excluding hydrogens is 444 g/mol. The van der Waals surface area contributed by atoms with Crippen LogP contribution < -0.4 is 0 Å². The number of Topliss-reactive ketones (excluding diaryl/α,β-unsaturated/α-hetero) is 1. The van der Waals surface area contributed by atoms with Crippen molar-refractivity contribution >= 4 is 33.5 Å². The molecule has 2 aromatic rings. The Kier molecular flexibility index (Phi) is 5.64. The van der Waals surface area contributed by atoms with Crippen LogP contribution in [0.2, 0.25) is 0 Å². The number of hydrogen-bond donors (Lipinski definition) is 0. The van der Waals surface area contributed by atoms with Gasteiger partial charge in [0.05, 0.1) is 17.5 Å². The van der Waals surface area contributed by atoms with Crippen molar-refractivity contribution in [3.63, 3.8) is 0 Å². The van der Waals surface area contributed by atoms with Crippen LogP contribution in [0.4, 0.5) is 0 Å². The summed E-state index contributed by atoms with van der Waals surface area (Å²) < 4.78 is 29.7. The molecule has 9 heteroatoms. The summed E-state index contributed by atoms with van der Waals surface area (Å²) in [6.07, 6.45) is 1.59. The summed E-state index contributed by atoms with van der Waals surface area (Å²) in [4.78, 5) is 38.4. The maximum absolute atomic E-state index is 13.2. The first kappa shape index (κ1) is 22.4. The van der Waals surface area contributed by atoms with Gasteiger partial charge in [0.1, 0.15) is 23.2 Å². The number of ketones is 1. The Labute approximate surface area is 190 Å². The van der Waals surface area contributed by atoms with E-state index in [2.05, 4.69) is 0 Å². The van der Waals surface area contributed by atoms with Gasteiger partial charge in [0.2, 0.25) is 0 Å². The summed E-state index contributed by atoms with van der Waals surface area (Å²) in [5.74, 6) is -1.05. The first-order valence-corrected chi connectivity index (χ1v) is 12.1. The molecule has 0 spiro atoms. The molecule has 1 fully saturated rings. The highest BCUT2D eigenvalue weighted by Gasteiger charge is 2.43. The Morgan fingerprint density at radius 1 is 1.15 bits per heavy atom. The van der Waals surface area contributed by atoms with Crippen LogP contribution in [-0.4, -0.2) is 48.5 Å². The maximum Gasteiger partial charge on any atom is 0.271 e. The standard InChI is InChI=1S/C24H20N2O6S/c1-14-20(11-19-7-8-22(32-19)17-5-3-16(4-6-17)15(2)27)23(28)26(24(29)21(14)12-25)18-9-10-33(30,31)13-18/h3-8,11,18H,9-10,13H2,1-2H3/b20-11+/t18-/m0/s1. The maximum atomic E-state index is 13.2. The number of carbonyl (C=O) groups excluding carboxylic acids is 3. The largest absolute Gasteiger partial charge is 0.457 e. The molecule has 168 valence electrons. The fourth-order valence-electron chi connectivity index (χ4n) is 4.01. The number of imide groups is 1. The van der Waals surface area contributed by atoms with E-state index in [4.69, 9.17) is 4.42 Å². The molecule has 33 heavy (non-hydrogen) atoms. The molecule has 0 saturated carbocycles. The second kappa shape index (κ2) is 8.30. The average Bonchev–Trinajstić information content (AvgIpc) is 3.38. The topological polar surface area (TPSA) is 126 Å². The number of hydrogen-bond acceptors (Lipinski definition) is 7. The van der Waals surface area contributed by atoms with E-state index in [-0.39, 0.29) is 40.4 Å². The highest BCUT2D eigenvalue weighted by molar-refractivity contribution is 7.91. The highest BCUT2D eigenvalue weighted by Crippen LogP contribution is 2.32. The van der Waals surface area contributed by atoms with Gasteiger partial charge in [0.25, 0.3) is 11.8 Å². The molecule has 1 aromatic carbocycles. The summed E-state index contributed by atoms with van der Waals surface area (Å²) in [7, 11) is -3.35. The van der Waals surface area contributed by atoms with Crippen LogP contribution in [0.1, 0.15) is 36.4 Å². The number of benzene rings is 1. The Bertz CT molecular complexity index is 1390. The zero-order valence-electron chi connectivity index (χ0n) is 18.0. The van der Waals surface area contributed by atoms with Crippen LogP contribution >= 0.6 is 0 Å². The lowest BCUT2D eigenvalue weighted by atomic mass is 9.93. The minimum Gasteiger partial charge on any atom is -0.457 e. The fourth-order valence-corrected chi connectivity index (χ4v) is 5.71. The summed E-state index contributed by atoms with van der Waals surface area (Å²) >= 11 is 0. The van der Waals surface area contributed by atoms with Crippen LogP contribution in [0.5, 0.6) is 0 Å². The Balaban J connectivity index is 1.70. The number of nitriles is 1. The average molecular weight is 464 g/mol. The van der Waals surface area contributed by atoms with E-state index in [1.54, 1.807) is 36.4 Å². The van der Waals surface area contributed by atoms with Crippen LogP contribution in [0.3, 0.4) is 0 Å². The van der Waals surface area contributed by atoms with Gasteiger partial charge < -0.3 is 4.42 Å². The Morgan fingerprint density at radius 3 is 2.42 bits per heavy atom. The molecule has 4 rings (SSSR count). The van der Waals surface area contributed by atoms with Gasteiger partial charge in [-0.3, -0.25) is 19.3 Å². The molecule has 2 aliphatic rings. The number of amides is 2. The van der Waals surface area contributed by atoms with Gasteiger partial charge in [-0.15, -0.1) is 0 Å². The third-order valence-corrected chi connectivity index (χ3v) is 7.59. The molecule has 2 amide bonds. The molecule has 2 aliphatic heterocycles. The first-order chi connectivity index (χ1) is 15.6. The van der Waals surface area contributed by atoms with Gasteiger partial charge in [-0.2, -0.15) is 5.26 Å². The second-order valence-electron chi connectivity index (χ2n) is 8.04. The van der Waals surface area contributed by atoms with Crippen LogP contribution in [-0.2, 0) is 19.4 Å². The van der Waals surface area contributed by atoms with Crippen molar-refractivity contribution in [2.75, 3.05) is 11.5 Å². The van der Waals surface area contributed by atoms with Crippen molar-refractivity contribution in [3.05, 3.63) is 64.4 Å². The van der Waals surface area contributed by atoms with E-state index >= 15 is 0 Å². The molecule has 0 N–H and O–H groups in total.